The van der Waals surface area contributed by atoms with Gasteiger partial charge in [-0.05, 0) is 44.4 Å². The predicted octanol–water partition coefficient (Wildman–Crippen LogP) is 3.42. The van der Waals surface area contributed by atoms with Crippen molar-refractivity contribution in [3.63, 3.8) is 0 Å². The molecule has 2 aromatic carbocycles. The van der Waals surface area contributed by atoms with E-state index >= 15 is 0 Å². The Bertz CT molecular complexity index is 794. The maximum Gasteiger partial charge on any atom is 0.216 e. The van der Waals surface area contributed by atoms with E-state index in [0.717, 1.165) is 17.7 Å². The standard InChI is InChI=1S/C20H28N2O2S/c1-15(2)22-25(23,24)14-20-8-6-5-7-19(20)13-21-12-18-10-16(3)9-17(4)11-18/h5-11,15,21-22H,12-14H2,1-4H3. The van der Waals surface area contributed by atoms with Gasteiger partial charge < -0.3 is 5.32 Å². The number of rotatable bonds is 8. The van der Waals surface area contributed by atoms with Crippen LogP contribution in [0.4, 0.5) is 0 Å². The molecule has 2 aromatic rings. The van der Waals surface area contributed by atoms with E-state index in [1.807, 2.05) is 38.1 Å². The lowest BCUT2D eigenvalue weighted by molar-refractivity contribution is 0.568. The predicted molar refractivity (Wildman–Crippen MR) is 104 cm³/mol. The summed E-state index contributed by atoms with van der Waals surface area (Å²) in [5.74, 6) is 0.00653. The molecular formula is C20H28N2O2S. The van der Waals surface area contributed by atoms with Crippen molar-refractivity contribution in [1.29, 1.82) is 0 Å². The summed E-state index contributed by atoms with van der Waals surface area (Å²) < 4.78 is 27.0. The molecule has 0 aliphatic rings. The normalized spacial score (nSPS) is 11.9. The Balaban J connectivity index is 2.03. The molecule has 0 atom stereocenters. The third-order valence-electron chi connectivity index (χ3n) is 3.81. The highest BCUT2D eigenvalue weighted by Crippen LogP contribution is 2.13. The van der Waals surface area contributed by atoms with Crippen LogP contribution < -0.4 is 10.0 Å². The first kappa shape index (κ1) is 19.6. The topological polar surface area (TPSA) is 58.2 Å². The van der Waals surface area contributed by atoms with Gasteiger partial charge in [-0.25, -0.2) is 13.1 Å². The molecule has 0 heterocycles. The lowest BCUT2D eigenvalue weighted by Gasteiger charge is -2.13. The maximum atomic E-state index is 12.2. The van der Waals surface area contributed by atoms with Gasteiger partial charge >= 0.3 is 0 Å². The molecule has 0 aromatic heterocycles. The molecule has 4 nitrogen and oxygen atoms in total. The first-order valence-electron chi connectivity index (χ1n) is 8.60. The Morgan fingerprint density at radius 2 is 1.52 bits per heavy atom. The van der Waals surface area contributed by atoms with Crippen LogP contribution in [0.5, 0.6) is 0 Å². The van der Waals surface area contributed by atoms with Crippen molar-refractivity contribution in [2.24, 2.45) is 0 Å². The molecule has 0 aliphatic carbocycles. The molecule has 0 saturated carbocycles. The van der Waals surface area contributed by atoms with Crippen LogP contribution in [0.3, 0.4) is 0 Å². The van der Waals surface area contributed by atoms with Crippen molar-refractivity contribution >= 4 is 10.0 Å². The highest BCUT2D eigenvalue weighted by molar-refractivity contribution is 7.88. The minimum absolute atomic E-state index is 0.00653. The minimum Gasteiger partial charge on any atom is -0.309 e. The summed E-state index contributed by atoms with van der Waals surface area (Å²) in [4.78, 5) is 0. The Morgan fingerprint density at radius 3 is 2.12 bits per heavy atom. The zero-order chi connectivity index (χ0) is 18.4. The number of benzene rings is 2. The van der Waals surface area contributed by atoms with Crippen LogP contribution in [0.15, 0.2) is 42.5 Å². The summed E-state index contributed by atoms with van der Waals surface area (Å²) in [5.41, 5.74) is 5.60. The average molecular weight is 361 g/mol. The fourth-order valence-electron chi connectivity index (χ4n) is 2.99. The van der Waals surface area contributed by atoms with E-state index in [4.69, 9.17) is 0 Å². The van der Waals surface area contributed by atoms with Crippen molar-refractivity contribution in [1.82, 2.24) is 10.0 Å². The molecule has 0 fully saturated rings. The zero-order valence-corrected chi connectivity index (χ0v) is 16.3. The van der Waals surface area contributed by atoms with Crippen molar-refractivity contribution in [2.45, 2.75) is 52.6 Å². The van der Waals surface area contributed by atoms with Gasteiger partial charge in [0, 0.05) is 19.1 Å². The van der Waals surface area contributed by atoms with Gasteiger partial charge in [0.1, 0.15) is 0 Å². The van der Waals surface area contributed by atoms with Crippen LogP contribution in [-0.2, 0) is 28.9 Å². The van der Waals surface area contributed by atoms with Crippen molar-refractivity contribution in [2.75, 3.05) is 0 Å². The van der Waals surface area contributed by atoms with E-state index < -0.39 is 10.0 Å². The highest BCUT2D eigenvalue weighted by Gasteiger charge is 2.15. The Hall–Kier alpha value is -1.69. The van der Waals surface area contributed by atoms with E-state index in [1.165, 1.54) is 16.7 Å². The maximum absolute atomic E-state index is 12.2. The third kappa shape index (κ3) is 6.61. The van der Waals surface area contributed by atoms with E-state index in [2.05, 4.69) is 42.1 Å². The fourth-order valence-corrected chi connectivity index (χ4v) is 4.48. The lowest BCUT2D eigenvalue weighted by Crippen LogP contribution is -2.31. The van der Waals surface area contributed by atoms with Gasteiger partial charge in [-0.3, -0.25) is 0 Å². The number of nitrogens with one attached hydrogen (secondary N) is 2. The quantitative estimate of drug-likeness (QED) is 0.758. The Kier molecular flexibility index (Phi) is 6.76. The van der Waals surface area contributed by atoms with Crippen LogP contribution >= 0.6 is 0 Å². The third-order valence-corrected chi connectivity index (χ3v) is 5.33. The number of sulfonamides is 1. The number of hydrogen-bond donors (Lipinski definition) is 2. The summed E-state index contributed by atoms with van der Waals surface area (Å²) in [6, 6.07) is 14.1. The largest absolute Gasteiger partial charge is 0.309 e. The first-order valence-corrected chi connectivity index (χ1v) is 10.2. The minimum atomic E-state index is -3.32. The van der Waals surface area contributed by atoms with E-state index in [9.17, 15) is 8.42 Å². The molecule has 0 radical (unpaired) electrons. The van der Waals surface area contributed by atoms with Crippen LogP contribution in [-0.4, -0.2) is 14.5 Å². The van der Waals surface area contributed by atoms with Crippen LogP contribution in [0.25, 0.3) is 0 Å². The van der Waals surface area contributed by atoms with Crippen LogP contribution in [0.1, 0.15) is 41.7 Å². The Morgan fingerprint density at radius 1 is 0.920 bits per heavy atom. The highest BCUT2D eigenvalue weighted by atomic mass is 32.2. The van der Waals surface area contributed by atoms with E-state index in [0.29, 0.717) is 6.54 Å². The number of hydrogen-bond acceptors (Lipinski definition) is 3. The molecule has 0 saturated heterocycles. The van der Waals surface area contributed by atoms with Crippen molar-refractivity contribution in [3.8, 4) is 0 Å². The summed E-state index contributed by atoms with van der Waals surface area (Å²) in [6.45, 7) is 9.24. The molecule has 0 bridgehead atoms. The van der Waals surface area contributed by atoms with Crippen molar-refractivity contribution in [3.05, 3.63) is 70.3 Å². The SMILES string of the molecule is Cc1cc(C)cc(CNCc2ccccc2CS(=O)(=O)NC(C)C)c1. The molecule has 0 aliphatic heterocycles. The molecule has 0 spiro atoms. The lowest BCUT2D eigenvalue weighted by atomic mass is 10.1. The summed E-state index contributed by atoms with van der Waals surface area (Å²) in [6.07, 6.45) is 0. The molecule has 0 unspecified atom stereocenters. The van der Waals surface area contributed by atoms with Gasteiger partial charge in [0.25, 0.3) is 0 Å². The second-order valence-corrected chi connectivity index (χ2v) is 8.65. The molecule has 2 N–H and O–H groups in total. The monoisotopic (exact) mass is 360 g/mol. The van der Waals surface area contributed by atoms with Crippen LogP contribution in [0, 0.1) is 13.8 Å². The second-order valence-electron chi connectivity index (χ2n) is 6.90. The van der Waals surface area contributed by atoms with Gasteiger partial charge in [0.05, 0.1) is 5.75 Å². The van der Waals surface area contributed by atoms with E-state index in [-0.39, 0.29) is 11.8 Å². The summed E-state index contributed by atoms with van der Waals surface area (Å²) >= 11 is 0. The molecule has 5 heteroatoms. The zero-order valence-electron chi connectivity index (χ0n) is 15.5. The smallest absolute Gasteiger partial charge is 0.216 e. The van der Waals surface area contributed by atoms with E-state index in [1.54, 1.807) is 0 Å². The molecule has 2 rings (SSSR count). The Labute approximate surface area is 151 Å². The van der Waals surface area contributed by atoms with Gasteiger partial charge in [0.2, 0.25) is 10.0 Å². The molecule has 25 heavy (non-hydrogen) atoms. The first-order chi connectivity index (χ1) is 11.7. The van der Waals surface area contributed by atoms with Crippen molar-refractivity contribution < 1.29 is 8.42 Å². The van der Waals surface area contributed by atoms with Crippen LogP contribution in [0.2, 0.25) is 0 Å². The fraction of sp³-hybridized carbons (Fsp3) is 0.400. The number of aryl methyl sites for hydroxylation is 2. The second kappa shape index (κ2) is 8.61. The summed E-state index contributed by atoms with van der Waals surface area (Å²) in [5, 5.41) is 3.42. The molecule has 0 amide bonds. The van der Waals surface area contributed by atoms with Gasteiger partial charge in [-0.2, -0.15) is 0 Å². The molecular weight excluding hydrogens is 332 g/mol. The molecule has 136 valence electrons. The average Bonchev–Trinajstić information content (AvgIpc) is 2.46. The van der Waals surface area contributed by atoms with Gasteiger partial charge in [-0.1, -0.05) is 53.6 Å². The summed E-state index contributed by atoms with van der Waals surface area (Å²) in [7, 11) is -3.32. The van der Waals surface area contributed by atoms with Gasteiger partial charge in [0.15, 0.2) is 0 Å². The van der Waals surface area contributed by atoms with Gasteiger partial charge in [-0.15, -0.1) is 0 Å².